The minimum Gasteiger partial charge on any atom is -0.394 e. The Hall–Kier alpha value is -3.30. The first-order valence-electron chi connectivity index (χ1n) is 14.5. The molecule has 0 amide bonds. The van der Waals surface area contributed by atoms with E-state index in [4.69, 9.17) is 33.7 Å². The van der Waals surface area contributed by atoms with Gasteiger partial charge in [-0.3, -0.25) is 37.7 Å². The number of aromatic nitrogens is 6. The van der Waals surface area contributed by atoms with Gasteiger partial charge in [-0.05, 0) is 14.0 Å². The molecule has 0 spiro atoms. The van der Waals surface area contributed by atoms with Crippen LogP contribution in [-0.4, -0.2) is 115 Å². The van der Waals surface area contributed by atoms with E-state index in [9.17, 15) is 29.2 Å². The van der Waals surface area contributed by atoms with E-state index in [1.807, 2.05) is 0 Å². The number of nitrogen functional groups attached to an aromatic ring is 1. The van der Waals surface area contributed by atoms with Gasteiger partial charge < -0.3 is 34.9 Å². The molecule has 6 heterocycles. The molecule has 252 valence electrons. The van der Waals surface area contributed by atoms with Crippen molar-refractivity contribution < 1.29 is 42.8 Å². The topological polar surface area (TPSA) is 261 Å². The quantitative estimate of drug-likeness (QED) is 0.142. The van der Waals surface area contributed by atoms with Crippen LogP contribution < -0.4 is 22.5 Å². The number of imidazole rings is 1. The first-order chi connectivity index (χ1) is 22.0. The molecule has 21 heteroatoms. The molecule has 6 N–H and O–H groups in total. The van der Waals surface area contributed by atoms with Crippen LogP contribution >= 0.6 is 7.75 Å². The van der Waals surface area contributed by atoms with E-state index in [-0.39, 0.29) is 42.1 Å². The van der Waals surface area contributed by atoms with Gasteiger partial charge in [0.2, 0.25) is 5.95 Å². The number of H-pyrrole nitrogens is 2. The third kappa shape index (κ3) is 6.45. The SMILES string of the molecule is Cc1cn([C@H]2C[C@@H](OP(=O)(OC[C@H]3O[C@@H](n4cnc5c(=O)[nH]c(N)nc54)C[C@H]3O)N(C)CC3OCCO3)[C@@H](CO)O2)c(=O)[nH]c1=O. The largest absolute Gasteiger partial charge is 0.408 e. The fraction of sp³-hybridized carbons (Fsp3) is 0.640. The second kappa shape index (κ2) is 13.1. The third-order valence-electron chi connectivity index (χ3n) is 7.97. The van der Waals surface area contributed by atoms with Crippen LogP contribution in [0, 0.1) is 6.92 Å². The summed E-state index contributed by atoms with van der Waals surface area (Å²) < 4.78 is 53.2. The average molecular weight is 671 g/mol. The summed E-state index contributed by atoms with van der Waals surface area (Å²) in [5.41, 5.74) is 4.36. The summed E-state index contributed by atoms with van der Waals surface area (Å²) in [4.78, 5) is 49.3. The summed E-state index contributed by atoms with van der Waals surface area (Å²) in [6.07, 6.45) is -3.87. The maximum Gasteiger partial charge on any atom is 0.408 e. The molecule has 0 saturated carbocycles. The Morgan fingerprint density at radius 3 is 2.57 bits per heavy atom. The van der Waals surface area contributed by atoms with E-state index in [1.54, 1.807) is 0 Å². The molecule has 0 aromatic carbocycles. The summed E-state index contributed by atoms with van der Waals surface area (Å²) in [6, 6.07) is 0. The van der Waals surface area contributed by atoms with Crippen LogP contribution in [-0.2, 0) is 32.6 Å². The monoisotopic (exact) mass is 670 g/mol. The zero-order chi connectivity index (χ0) is 32.7. The molecule has 0 radical (unpaired) electrons. The van der Waals surface area contributed by atoms with Crippen LogP contribution in [0.2, 0.25) is 0 Å². The highest BCUT2D eigenvalue weighted by atomic mass is 31.2. The highest BCUT2D eigenvalue weighted by Gasteiger charge is 2.46. The van der Waals surface area contributed by atoms with Gasteiger partial charge in [0, 0.05) is 24.6 Å². The number of nitrogens with one attached hydrogen (secondary N) is 2. The lowest BCUT2D eigenvalue weighted by Crippen LogP contribution is -2.35. The van der Waals surface area contributed by atoms with E-state index in [0.717, 1.165) is 4.57 Å². The van der Waals surface area contributed by atoms with Crippen molar-refractivity contribution in [3.8, 4) is 0 Å². The highest BCUT2D eigenvalue weighted by molar-refractivity contribution is 7.51. The second-order valence-corrected chi connectivity index (χ2v) is 13.2. The van der Waals surface area contributed by atoms with Crippen LogP contribution in [0.4, 0.5) is 5.95 Å². The molecule has 6 rings (SSSR count). The molecule has 7 atom stereocenters. The molecule has 3 aromatic heterocycles. The molecule has 3 saturated heterocycles. The number of aryl methyl sites for hydroxylation is 1. The Morgan fingerprint density at radius 1 is 1.11 bits per heavy atom. The van der Waals surface area contributed by atoms with Crippen molar-refractivity contribution in [2.75, 3.05) is 45.8 Å². The summed E-state index contributed by atoms with van der Waals surface area (Å²) in [5.74, 6) is -0.117. The Balaban J connectivity index is 1.20. The fourth-order valence-electron chi connectivity index (χ4n) is 5.51. The van der Waals surface area contributed by atoms with E-state index in [2.05, 4.69) is 19.9 Å². The summed E-state index contributed by atoms with van der Waals surface area (Å²) in [6.45, 7) is 1.27. The van der Waals surface area contributed by atoms with Gasteiger partial charge in [-0.25, -0.2) is 19.0 Å². The molecule has 46 heavy (non-hydrogen) atoms. The lowest BCUT2D eigenvalue weighted by Gasteiger charge is -2.32. The van der Waals surface area contributed by atoms with Crippen molar-refractivity contribution >= 4 is 24.9 Å². The van der Waals surface area contributed by atoms with Gasteiger partial charge in [-0.15, -0.1) is 0 Å². The van der Waals surface area contributed by atoms with Gasteiger partial charge in [0.1, 0.15) is 30.8 Å². The van der Waals surface area contributed by atoms with Crippen LogP contribution in [0.15, 0.2) is 26.9 Å². The van der Waals surface area contributed by atoms with Gasteiger partial charge in [-0.1, -0.05) is 0 Å². The molecule has 3 fully saturated rings. The smallest absolute Gasteiger partial charge is 0.394 e. The van der Waals surface area contributed by atoms with Gasteiger partial charge in [0.15, 0.2) is 17.5 Å². The predicted octanol–water partition coefficient (Wildman–Crippen LogP) is -1.70. The van der Waals surface area contributed by atoms with Crippen LogP contribution in [0.3, 0.4) is 0 Å². The third-order valence-corrected chi connectivity index (χ3v) is 9.99. The molecule has 0 aliphatic carbocycles. The fourth-order valence-corrected chi connectivity index (χ4v) is 7.16. The highest BCUT2D eigenvalue weighted by Crippen LogP contribution is 2.55. The van der Waals surface area contributed by atoms with Crippen molar-refractivity contribution in [1.29, 1.82) is 0 Å². The lowest BCUT2D eigenvalue weighted by atomic mass is 10.2. The molecule has 0 bridgehead atoms. The van der Waals surface area contributed by atoms with E-state index >= 15 is 0 Å². The van der Waals surface area contributed by atoms with Crippen LogP contribution in [0.25, 0.3) is 11.2 Å². The number of aliphatic hydroxyl groups is 2. The first kappa shape index (κ1) is 32.6. The zero-order valence-electron chi connectivity index (χ0n) is 24.9. The van der Waals surface area contributed by atoms with Crippen molar-refractivity contribution in [2.45, 2.75) is 62.9 Å². The molecular formula is C25H35N8O12P. The van der Waals surface area contributed by atoms with Gasteiger partial charge in [-0.2, -0.15) is 4.98 Å². The molecule has 3 aliphatic heterocycles. The Morgan fingerprint density at radius 2 is 1.83 bits per heavy atom. The minimum atomic E-state index is -4.27. The van der Waals surface area contributed by atoms with E-state index < -0.39 is 80.9 Å². The van der Waals surface area contributed by atoms with Crippen LogP contribution in [0.1, 0.15) is 30.9 Å². The second-order valence-electron chi connectivity index (χ2n) is 11.2. The summed E-state index contributed by atoms with van der Waals surface area (Å²) in [7, 11) is -2.79. The van der Waals surface area contributed by atoms with Crippen LogP contribution in [0.5, 0.6) is 0 Å². The molecule has 3 aliphatic rings. The number of hydrogen-bond acceptors (Lipinski definition) is 15. The Kier molecular flexibility index (Phi) is 9.27. The predicted molar refractivity (Wildman–Crippen MR) is 156 cm³/mol. The standard InChI is InChI=1S/C25H35N8O12P/c1-12-7-32(25(38)30-22(12)36)18-6-14(15(9-34)43-18)45-46(39,31(2)8-19-40-3-4-41-19)42-10-16-13(35)5-17(44-16)33-11-27-20-21(33)28-24(26)29-23(20)37/h7,11,13-19,34-35H,3-6,8-10H2,1-2H3,(H,30,36,38)(H3,26,28,29,37)/t13-,14-,15-,16-,17-,18-,46?/m1/s1. The maximum atomic E-state index is 14.5. The summed E-state index contributed by atoms with van der Waals surface area (Å²) >= 11 is 0. The lowest BCUT2D eigenvalue weighted by molar-refractivity contribution is -0.0651. The summed E-state index contributed by atoms with van der Waals surface area (Å²) in [5, 5.41) is 20.9. The number of nitrogens with two attached hydrogens (primary N) is 1. The molecular weight excluding hydrogens is 635 g/mol. The molecule has 1 unspecified atom stereocenters. The molecule has 3 aromatic rings. The Labute approximate surface area is 259 Å². The first-order valence-corrected chi connectivity index (χ1v) is 16.0. The Bertz CT molecular complexity index is 1790. The number of rotatable bonds is 11. The number of aromatic amines is 2. The van der Waals surface area contributed by atoms with Crippen molar-refractivity contribution in [2.24, 2.45) is 0 Å². The normalized spacial score (nSPS) is 28.5. The van der Waals surface area contributed by atoms with Crippen molar-refractivity contribution in [3.63, 3.8) is 0 Å². The number of fused-ring (bicyclic) bond motifs is 1. The molecule has 20 nitrogen and oxygen atoms in total. The van der Waals surface area contributed by atoms with Gasteiger partial charge in [0.05, 0.1) is 45.4 Å². The number of likely N-dealkylation sites (N-methyl/N-ethyl adjacent to an activating group) is 1. The zero-order valence-corrected chi connectivity index (χ0v) is 25.8. The number of aliphatic hydroxyl groups excluding tert-OH is 2. The van der Waals surface area contributed by atoms with Gasteiger partial charge >= 0.3 is 13.4 Å². The van der Waals surface area contributed by atoms with E-state index in [0.29, 0.717) is 13.2 Å². The number of hydrogen-bond donors (Lipinski definition) is 5. The van der Waals surface area contributed by atoms with Crippen molar-refractivity contribution in [3.05, 3.63) is 49.3 Å². The maximum absolute atomic E-state index is 14.5. The van der Waals surface area contributed by atoms with Crippen molar-refractivity contribution in [1.82, 2.24) is 33.7 Å². The minimum absolute atomic E-state index is 0.0178. The number of nitrogens with zero attached hydrogens (tertiary/aromatic N) is 5. The number of anilines is 1. The average Bonchev–Trinajstić information content (AvgIpc) is 3.81. The number of ether oxygens (including phenoxy) is 4. The van der Waals surface area contributed by atoms with E-state index in [1.165, 1.54) is 35.7 Å². The van der Waals surface area contributed by atoms with Gasteiger partial charge in [0.25, 0.3) is 11.1 Å².